The molecule has 567 valence electrons. The predicted octanol–water partition coefficient (Wildman–Crippen LogP) is -5.42. The quantitative estimate of drug-likeness (QED) is 0.0424. The molecule has 0 saturated carbocycles. The zero-order valence-corrected chi connectivity index (χ0v) is 103. The number of hydrogen-bond donors (Lipinski definition) is 17. The van der Waals surface area contributed by atoms with Crippen molar-refractivity contribution < 1.29 is 490 Å². The minimum Gasteiger partial charge on any atom is -0.394 e. The number of aliphatic hydroxyl groups excluding tert-OH is 12. The van der Waals surface area contributed by atoms with Crippen molar-refractivity contribution in [1.29, 1.82) is 0 Å². The van der Waals surface area contributed by atoms with Gasteiger partial charge in [0.05, 0.1) is 70.2 Å². The van der Waals surface area contributed by atoms with E-state index in [1.807, 2.05) is 87.3 Å². The van der Waals surface area contributed by atoms with E-state index < -0.39 is 124 Å². The third kappa shape index (κ3) is 25.0. The van der Waals surface area contributed by atoms with Crippen molar-refractivity contribution in [3.63, 3.8) is 0 Å². The average Bonchev–Trinajstić information content (AvgIpc) is 1.75. The van der Waals surface area contributed by atoms with Crippen LogP contribution in [0, 0.1) is 424 Å². The molecule has 0 spiro atoms. The van der Waals surface area contributed by atoms with Crippen LogP contribution in [-0.4, -0.2) is 247 Å². The molecule has 4 aliphatic heterocycles. The molecule has 16 rings (SSSR count). The second kappa shape index (κ2) is 50.6. The molecular formula is C64H73Ac9N20O19+3. The van der Waals surface area contributed by atoms with Crippen molar-refractivity contribution in [2.75, 3.05) is 37.1 Å². The van der Waals surface area contributed by atoms with Crippen LogP contribution >= 0.6 is 0 Å². The van der Waals surface area contributed by atoms with Crippen LogP contribution in [0.5, 0.6) is 0 Å². The second-order valence-electron chi connectivity index (χ2n) is 24.3. The summed E-state index contributed by atoms with van der Waals surface area (Å²) < 4.78 is 29.8. The molecule has 16 unspecified atom stereocenters. The first-order valence-corrected chi connectivity index (χ1v) is 31.9. The molecule has 4 saturated heterocycles. The van der Waals surface area contributed by atoms with E-state index in [-0.39, 0.29) is 437 Å². The minimum atomic E-state index is -1.26. The monoisotopic (exact) mass is 3470 g/mol. The Balaban J connectivity index is 0.000000367. The van der Waals surface area contributed by atoms with Crippen LogP contribution in [0.15, 0.2) is 138 Å². The number of hydrogen-bond acceptors (Lipinski definition) is 31. The number of rotatable bonds is 11. The molecule has 48 heteroatoms. The fourth-order valence-corrected chi connectivity index (χ4v) is 11.8. The van der Waals surface area contributed by atoms with Gasteiger partial charge in [0.2, 0.25) is 24.5 Å². The molecule has 16 atom stereocenters. The Hall–Kier alpha value is 2.53. The van der Waals surface area contributed by atoms with E-state index in [0.717, 1.165) is 16.7 Å². The summed E-state index contributed by atoms with van der Waals surface area (Å²) in [5.74, 6) is 1.06. The first kappa shape index (κ1) is 109. The molecule has 12 aromatic rings. The summed E-state index contributed by atoms with van der Waals surface area (Å²) in [6, 6.07) is 14.9. The number of aromatic nitrogens is 18. The van der Waals surface area contributed by atoms with E-state index in [0.29, 0.717) is 50.3 Å². The molecule has 39 nitrogen and oxygen atoms in total. The molecule has 112 heavy (non-hydrogen) atoms. The number of nitrogens with zero attached hydrogens (tertiary/aromatic N) is 15. The number of aliphatic hydroxyl groups is 12. The molecule has 0 aromatic carbocycles. The molecular weight excluding hydrogens is 3400 g/mol. The van der Waals surface area contributed by atoms with Gasteiger partial charge < -0.3 is 106 Å². The van der Waals surface area contributed by atoms with Crippen molar-refractivity contribution in [3.05, 3.63) is 177 Å². The van der Waals surface area contributed by atoms with Crippen molar-refractivity contribution in [3.8, 4) is 5.82 Å². The summed E-state index contributed by atoms with van der Waals surface area (Å²) >= 11 is 0. The molecule has 0 amide bonds. The summed E-state index contributed by atoms with van der Waals surface area (Å²) in [6.07, 6.45) is 1.78. The van der Waals surface area contributed by atoms with Crippen LogP contribution in [-0.2, 0) is 18.9 Å². The average molecular weight is 3470 g/mol. The van der Waals surface area contributed by atoms with Gasteiger partial charge in [-0.15, -0.1) is 0 Å². The molecule has 0 bridgehead atoms. The number of aromatic amines is 3. The number of H-pyrrole nitrogens is 3. The Morgan fingerprint density at radius 2 is 0.866 bits per heavy atom. The van der Waals surface area contributed by atoms with Gasteiger partial charge in [-0.05, 0) is 89.2 Å². The van der Waals surface area contributed by atoms with Crippen LogP contribution in [0.2, 0.25) is 0 Å². The predicted molar refractivity (Wildman–Crippen MR) is 354 cm³/mol. The van der Waals surface area contributed by atoms with Crippen LogP contribution in [0.3, 0.4) is 0 Å². The van der Waals surface area contributed by atoms with Gasteiger partial charge in [-0.1, -0.05) is 24.3 Å². The van der Waals surface area contributed by atoms with Gasteiger partial charge in [0, 0.05) is 409 Å². The van der Waals surface area contributed by atoms with E-state index in [4.69, 9.17) is 24.1 Å². The maximum atomic E-state index is 12.4. The van der Waals surface area contributed by atoms with Gasteiger partial charge in [-0.3, -0.25) is 28.5 Å². The van der Waals surface area contributed by atoms with Gasteiger partial charge in [0.25, 0.3) is 16.7 Å². The molecule has 4 aliphatic rings. The second-order valence-corrected chi connectivity index (χ2v) is 24.3. The minimum absolute atomic E-state index is 0. The summed E-state index contributed by atoms with van der Waals surface area (Å²) in [7, 11) is 0. The Kier molecular flexibility index (Phi) is 49.1. The Bertz CT molecular complexity index is 5050. The van der Waals surface area contributed by atoms with Gasteiger partial charge >= 0.3 is 17.1 Å². The number of aryl methyl sites for hydroxylation is 4. The van der Waals surface area contributed by atoms with Crippen molar-refractivity contribution in [1.82, 2.24) is 73.9 Å². The van der Waals surface area contributed by atoms with E-state index in [9.17, 15) is 70.6 Å². The molecule has 17 N–H and O–H groups in total. The Morgan fingerprint density at radius 3 is 1.28 bits per heavy atom. The van der Waals surface area contributed by atoms with Crippen LogP contribution in [0.1, 0.15) is 34.7 Å². The Morgan fingerprint density at radius 1 is 0.446 bits per heavy atom. The normalized spacial score (nSPS) is 23.7. The van der Waals surface area contributed by atoms with Crippen LogP contribution in [0.4, 0.5) is 11.6 Å². The summed E-state index contributed by atoms with van der Waals surface area (Å²) in [5, 5.41) is 122. The molecule has 9 radical (unpaired) electrons. The van der Waals surface area contributed by atoms with E-state index in [2.05, 4.69) is 75.4 Å². The zero-order chi connectivity index (χ0) is 73.1. The van der Waals surface area contributed by atoms with Crippen molar-refractivity contribution in [2.45, 2.75) is 126 Å². The fourth-order valence-electron chi connectivity index (χ4n) is 11.8. The van der Waals surface area contributed by atoms with E-state index in [1.165, 1.54) is 48.1 Å². The first-order chi connectivity index (χ1) is 49.6. The summed E-state index contributed by atoms with van der Waals surface area (Å²) in [4.78, 5) is 85.5. The maximum absolute atomic E-state index is 12.4. The van der Waals surface area contributed by atoms with Crippen molar-refractivity contribution >= 4 is 67.3 Å². The summed E-state index contributed by atoms with van der Waals surface area (Å²) in [5.41, 5.74) is 6.93. The topological polar surface area (TPSA) is 553 Å². The largest absolute Gasteiger partial charge is 0.394 e. The van der Waals surface area contributed by atoms with Gasteiger partial charge in [-0.2, -0.15) is 23.8 Å². The Labute approximate surface area is 957 Å². The smallest absolute Gasteiger partial charge is 0.359 e. The fraction of sp³-hybridized carbons (Fsp3) is 0.375. The number of ether oxygens (including phenoxy) is 4. The number of nitrogens with one attached hydrogen (secondary N) is 5. The van der Waals surface area contributed by atoms with Gasteiger partial charge in [0.1, 0.15) is 73.2 Å². The third-order valence-corrected chi connectivity index (χ3v) is 17.2. The number of pyridine rings is 4. The molecule has 12 aromatic heterocycles. The van der Waals surface area contributed by atoms with E-state index >= 15 is 0 Å². The molecule has 0 aliphatic carbocycles. The summed E-state index contributed by atoms with van der Waals surface area (Å²) in [6.45, 7) is 6.13. The zero-order valence-electron chi connectivity index (χ0n) is 60.2. The van der Waals surface area contributed by atoms with E-state index in [1.54, 1.807) is 44.1 Å². The number of fused-ring (bicyclic) bond motifs is 8. The van der Waals surface area contributed by atoms with Crippen LogP contribution < -0.4 is 40.7 Å². The molecule has 16 heterocycles. The van der Waals surface area contributed by atoms with Gasteiger partial charge in [0.15, 0.2) is 75.4 Å². The van der Waals surface area contributed by atoms with Crippen molar-refractivity contribution in [2.24, 2.45) is 0 Å². The van der Waals surface area contributed by atoms with Crippen LogP contribution in [0.25, 0.3) is 61.5 Å². The SMILES string of the molecule is Cc1ccc2c(=O)[nH]c3c(NC4OC(CO)C(O)C4O)ncnc3[n+]2c1.Cc1ccc2c(=O)[nH]c3c(NC4OC(CO)C(O)C4O)ncnc3[n+]2c1.Cc1ccc[n+](-c2ncnc3c2ncn3C2OC(CO)C(O)C2O)c1.Cc1cccnc1.O=c1[nH]cnc2c1ncn2C1OC(CO)C(O)C1O.[Ac].[Ac].[Ac].[Ac].[Ac].[Ac].[Ac].[Ac].[Ac]. The third-order valence-electron chi connectivity index (χ3n) is 17.2. The molecule has 4 fully saturated rings. The maximum Gasteiger partial charge on any atom is 0.359 e. The number of anilines is 2. The standard InChI is InChI=1S/2C16H17N5O5.C16H18N5O4.C10H12N4O5.C6H7N.9Ac/c2*1-7-2-3-8-15(25)19-10-13(17-6-18-14(10)21(8)4-7)20-16-12(24)11(23)9(5-22)26-16;1-9-3-2-4-20(5-9)14-11-15(18-7-17-14)21(8-19-11)16-13(24)12(23)10(6-22)25-16;15-1-4-6(16)7(17)10(19-4)14-3-13-5-8(14)11-2-12-9(5)18;1-6-3-2-4-7-5-6;;;;;;;;;/h2*2-4,6,9,11-12,16,22-25H,5H2,1H3;2-5,7-8,10,12-13,16,22-24H,6H2,1H3;2-4,6-7,10,15-17H,1H2,(H,11,12,18);2-5H,1H3;;;;;;;;;/q;;+1;;;;;;;;;;;/p+2. The first-order valence-electron chi connectivity index (χ1n) is 31.9. The van der Waals surface area contributed by atoms with Gasteiger partial charge in [-0.25, -0.2) is 19.5 Å². The number of imidazole rings is 2.